The zero-order chi connectivity index (χ0) is 49.3. The largest absolute Gasteiger partial charge is 0.378 e. The summed E-state index contributed by atoms with van der Waals surface area (Å²) in [4.78, 5) is 79.2. The number of likely N-dealkylation sites (tertiary alicyclic amines) is 2. The van der Waals surface area contributed by atoms with Gasteiger partial charge < -0.3 is 46.4 Å². The average molecular weight is 937 g/mol. The predicted octanol–water partition coefficient (Wildman–Crippen LogP) is 6.14. The number of hydrogen-bond acceptors (Lipinski definition) is 9. The Hall–Kier alpha value is -7.76. The topological polar surface area (TPSA) is 243 Å². The van der Waals surface area contributed by atoms with Gasteiger partial charge in [0.15, 0.2) is 0 Å². The van der Waals surface area contributed by atoms with Crippen molar-refractivity contribution in [2.75, 3.05) is 76.2 Å². The van der Waals surface area contributed by atoms with Gasteiger partial charge in [0.2, 0.25) is 11.8 Å². The van der Waals surface area contributed by atoms with Crippen LogP contribution in [-0.4, -0.2) is 116 Å². The van der Waals surface area contributed by atoms with Crippen molar-refractivity contribution in [3.05, 3.63) is 129 Å². The molecule has 8 amide bonds. The second-order valence-electron chi connectivity index (χ2n) is 17.4. The zero-order valence-corrected chi connectivity index (χ0v) is 39.2. The van der Waals surface area contributed by atoms with E-state index in [-0.39, 0.29) is 43.7 Å². The van der Waals surface area contributed by atoms with E-state index in [0.717, 1.165) is 36.8 Å². The minimum atomic E-state index is -0.489. The molecule has 4 aromatic rings. The van der Waals surface area contributed by atoms with Crippen LogP contribution in [0.1, 0.15) is 104 Å². The van der Waals surface area contributed by atoms with E-state index in [9.17, 15) is 28.8 Å². The summed E-state index contributed by atoms with van der Waals surface area (Å²) in [7, 11) is 0. The third-order valence-electron chi connectivity index (χ3n) is 12.7. The normalized spacial score (nSPS) is 15.0. The first-order valence-electron chi connectivity index (χ1n) is 23.3. The summed E-state index contributed by atoms with van der Waals surface area (Å²) in [6, 6.07) is 29.3. The van der Waals surface area contributed by atoms with Crippen LogP contribution >= 0.6 is 0 Å². The van der Waals surface area contributed by atoms with E-state index in [2.05, 4.69) is 33.4 Å². The average Bonchev–Trinajstić information content (AvgIpc) is 3.37. The third-order valence-corrected chi connectivity index (χ3v) is 12.7. The second-order valence-corrected chi connectivity index (χ2v) is 17.4. The molecule has 360 valence electrons. The number of nitrogens with zero attached hydrogens (tertiary/aromatic N) is 5. The summed E-state index contributed by atoms with van der Waals surface area (Å²) in [6.07, 6.45) is 3.72. The van der Waals surface area contributed by atoms with E-state index in [1.165, 1.54) is 11.1 Å². The maximum Gasteiger partial charge on any atom is 0.319 e. The molecule has 0 radical (unpaired) electrons. The number of amides is 8. The van der Waals surface area contributed by atoms with Gasteiger partial charge >= 0.3 is 12.1 Å². The van der Waals surface area contributed by atoms with Crippen LogP contribution in [0, 0.1) is 36.5 Å². The number of nitriles is 2. The summed E-state index contributed by atoms with van der Waals surface area (Å²) in [5.41, 5.74) is 12.6. The highest BCUT2D eigenvalue weighted by molar-refractivity contribution is 5.98. The number of primary amides is 1. The Morgan fingerprint density at radius 1 is 0.580 bits per heavy atom. The van der Waals surface area contributed by atoms with Crippen LogP contribution in [0.15, 0.2) is 84.9 Å². The minimum Gasteiger partial charge on any atom is -0.378 e. The van der Waals surface area contributed by atoms with Gasteiger partial charge in [-0.25, -0.2) is 9.59 Å². The highest BCUT2D eigenvalue weighted by Crippen LogP contribution is 2.31. The van der Waals surface area contributed by atoms with Crippen molar-refractivity contribution in [3.63, 3.8) is 0 Å². The summed E-state index contributed by atoms with van der Waals surface area (Å²) in [5, 5.41) is 28.8. The molecule has 0 saturated carbocycles. The van der Waals surface area contributed by atoms with Crippen LogP contribution in [0.3, 0.4) is 0 Å². The van der Waals surface area contributed by atoms with Crippen LogP contribution in [0.4, 0.5) is 21.0 Å². The van der Waals surface area contributed by atoms with E-state index in [4.69, 9.17) is 21.0 Å². The summed E-state index contributed by atoms with van der Waals surface area (Å²) in [6.45, 7) is 8.94. The van der Waals surface area contributed by atoms with Crippen molar-refractivity contribution in [2.45, 2.75) is 64.2 Å². The Labute approximate surface area is 402 Å². The van der Waals surface area contributed by atoms with Gasteiger partial charge in [-0.3, -0.25) is 19.2 Å². The van der Waals surface area contributed by atoms with Crippen LogP contribution in [0.25, 0.3) is 0 Å². The Kier molecular flexibility index (Phi) is 18.2. The molecule has 4 aromatic carbocycles. The molecule has 3 saturated heterocycles. The Morgan fingerprint density at radius 2 is 0.986 bits per heavy atom. The first-order chi connectivity index (χ1) is 33.3. The number of piperidine rings is 2. The van der Waals surface area contributed by atoms with E-state index in [0.29, 0.717) is 97.9 Å². The molecule has 0 spiro atoms. The maximum absolute atomic E-state index is 13.2. The molecule has 3 fully saturated rings. The molecular weight excluding hydrogens is 877 g/mol. The predicted molar refractivity (Wildman–Crippen MR) is 260 cm³/mol. The molecule has 3 aliphatic rings. The number of nitrogens with two attached hydrogens (primary N) is 1. The number of urea groups is 2. The summed E-state index contributed by atoms with van der Waals surface area (Å²) in [5.74, 6) is 0.114. The van der Waals surface area contributed by atoms with Gasteiger partial charge in [-0.1, -0.05) is 36.4 Å². The van der Waals surface area contributed by atoms with E-state index < -0.39 is 18.0 Å². The summed E-state index contributed by atoms with van der Waals surface area (Å²) < 4.78 is 5.26. The maximum atomic E-state index is 13.2. The highest BCUT2D eigenvalue weighted by Gasteiger charge is 2.27. The van der Waals surface area contributed by atoms with Gasteiger partial charge in [0, 0.05) is 87.7 Å². The number of ether oxygens (including phenoxy) is 1. The molecule has 7 rings (SSSR count). The molecule has 3 heterocycles. The number of carbonyl (C=O) groups is 6. The van der Waals surface area contributed by atoms with Crippen LogP contribution < -0.4 is 27.0 Å². The minimum absolute atomic E-state index is 0.00433. The van der Waals surface area contributed by atoms with Crippen molar-refractivity contribution >= 4 is 47.1 Å². The van der Waals surface area contributed by atoms with Crippen molar-refractivity contribution in [2.24, 2.45) is 5.73 Å². The number of benzene rings is 4. The molecule has 3 aliphatic heterocycles. The smallest absolute Gasteiger partial charge is 0.319 e. The molecule has 6 N–H and O–H groups in total. The van der Waals surface area contributed by atoms with Crippen LogP contribution in [0.5, 0.6) is 0 Å². The van der Waals surface area contributed by atoms with Gasteiger partial charge in [0.05, 0.1) is 36.5 Å². The Morgan fingerprint density at radius 3 is 1.38 bits per heavy atom. The van der Waals surface area contributed by atoms with Crippen molar-refractivity contribution < 1.29 is 33.5 Å². The fraction of sp³-hybridized carbons (Fsp3) is 0.385. The molecular formula is C52H60N10O7. The number of morpholine rings is 1. The van der Waals surface area contributed by atoms with Gasteiger partial charge in [-0.05, 0) is 122 Å². The number of rotatable bonds is 12. The lowest BCUT2D eigenvalue weighted by Gasteiger charge is -2.32. The van der Waals surface area contributed by atoms with Crippen molar-refractivity contribution in [1.82, 2.24) is 25.3 Å². The van der Waals surface area contributed by atoms with Gasteiger partial charge in [-0.2, -0.15) is 10.5 Å². The molecule has 0 atom stereocenters. The highest BCUT2D eigenvalue weighted by atomic mass is 16.5. The van der Waals surface area contributed by atoms with E-state index in [1.54, 1.807) is 35.2 Å². The number of hydrogen-bond donors (Lipinski definition) is 5. The number of carbonyl (C=O) groups excluding carboxylic acids is 6. The molecule has 0 aliphatic carbocycles. The monoisotopic (exact) mass is 936 g/mol. The number of nitrogens with one attached hydrogen (secondary N) is 4. The third kappa shape index (κ3) is 14.6. The quantitative estimate of drug-likeness (QED) is 0.109. The van der Waals surface area contributed by atoms with Gasteiger partial charge in [0.1, 0.15) is 0 Å². The number of aryl methyl sites for hydroxylation is 2. The lowest BCUT2D eigenvalue weighted by atomic mass is 9.89. The van der Waals surface area contributed by atoms with Gasteiger partial charge in [-0.15, -0.1) is 0 Å². The fourth-order valence-corrected chi connectivity index (χ4v) is 8.52. The Balaban J connectivity index is 0.000000229. The zero-order valence-electron chi connectivity index (χ0n) is 39.2. The number of anilines is 2. The first-order valence-corrected chi connectivity index (χ1v) is 23.3. The SMILES string of the molecule is Cc1ccc(C(=O)N2CCC(c3ccc(C#N)cc3)CC2)cc1NC(=O)NCCC(=O)N1CCOCC1.Cc1ccc(C(=O)N2CCC(c3ccc(C#N)cc3)CC2)cc1NC(=O)NCCC(N)=O. The van der Waals surface area contributed by atoms with Gasteiger partial charge in [0.25, 0.3) is 11.8 Å². The lowest BCUT2D eigenvalue weighted by molar-refractivity contribution is -0.135. The van der Waals surface area contributed by atoms with Crippen LogP contribution in [0.2, 0.25) is 0 Å². The molecule has 17 nitrogen and oxygen atoms in total. The molecule has 0 bridgehead atoms. The standard InChI is InChI=1S/C28H33N5O4.C24H27N5O3/c1-20-2-5-24(18-25(20)31-28(36)30-11-8-26(34)32-14-16-37-17-15-32)27(35)33-12-9-23(10-13-33)22-6-3-21(19-29)4-7-22;1-16-2-5-20(14-21(16)28-24(32)27-11-8-22(26)30)23(31)29-12-9-19(10-13-29)18-6-3-17(15-25)4-7-18/h2-7,18,23H,8-17H2,1H3,(H2,30,31,36);2-7,14,19H,8-13H2,1H3,(H2,26,30)(H2,27,28,32). The van der Waals surface area contributed by atoms with Crippen molar-refractivity contribution in [3.8, 4) is 12.1 Å². The summed E-state index contributed by atoms with van der Waals surface area (Å²) >= 11 is 0. The molecule has 17 heteroatoms. The second kappa shape index (κ2) is 24.8. The van der Waals surface area contributed by atoms with Crippen LogP contribution in [-0.2, 0) is 14.3 Å². The first kappa shape index (κ1) is 50.6. The fourth-order valence-electron chi connectivity index (χ4n) is 8.52. The molecule has 0 unspecified atom stereocenters. The lowest BCUT2D eigenvalue weighted by Crippen LogP contribution is -2.42. The van der Waals surface area contributed by atoms with Crippen molar-refractivity contribution in [1.29, 1.82) is 10.5 Å². The Bertz CT molecular complexity index is 2550. The molecule has 69 heavy (non-hydrogen) atoms. The van der Waals surface area contributed by atoms with E-state index in [1.807, 2.05) is 78.2 Å². The van der Waals surface area contributed by atoms with E-state index >= 15 is 0 Å². The molecule has 0 aromatic heterocycles.